The van der Waals surface area contributed by atoms with Crippen LogP contribution < -0.4 is 0 Å². The summed E-state index contributed by atoms with van der Waals surface area (Å²) >= 11 is 5.78. The minimum Gasteiger partial charge on any atom is -0.469 e. The summed E-state index contributed by atoms with van der Waals surface area (Å²) in [5.41, 5.74) is 2.62. The number of halogens is 1. The second-order valence-electron chi connectivity index (χ2n) is 4.50. The number of rotatable bonds is 4. The molecule has 4 heteroatoms. The summed E-state index contributed by atoms with van der Waals surface area (Å²) in [6.07, 6.45) is 1.64. The number of alkyl halides is 1. The fourth-order valence-electron chi connectivity index (χ4n) is 1.91. The van der Waals surface area contributed by atoms with Crippen LogP contribution >= 0.6 is 11.6 Å². The van der Waals surface area contributed by atoms with E-state index in [-0.39, 0.29) is 5.91 Å². The summed E-state index contributed by atoms with van der Waals surface area (Å²) in [6.45, 7) is 2.42. The molecular weight excluding hydrogens is 262 g/mol. The van der Waals surface area contributed by atoms with E-state index in [1.165, 1.54) is 0 Å². The number of carbonyl (C=O) groups excluding carboxylic acids is 1. The third kappa shape index (κ3) is 3.18. The van der Waals surface area contributed by atoms with Gasteiger partial charge >= 0.3 is 0 Å². The van der Waals surface area contributed by atoms with Crippen LogP contribution in [0.2, 0.25) is 0 Å². The van der Waals surface area contributed by atoms with Crippen LogP contribution in [-0.2, 0) is 12.4 Å². The molecule has 100 valence electrons. The summed E-state index contributed by atoms with van der Waals surface area (Å²) in [5, 5.41) is 0. The van der Waals surface area contributed by atoms with Crippen molar-refractivity contribution in [2.45, 2.75) is 19.3 Å². The van der Waals surface area contributed by atoms with Crippen LogP contribution in [0.3, 0.4) is 0 Å². The highest BCUT2D eigenvalue weighted by molar-refractivity contribution is 6.17. The summed E-state index contributed by atoms with van der Waals surface area (Å²) in [5.74, 6) is 1.23. The second kappa shape index (κ2) is 5.93. The van der Waals surface area contributed by atoms with Gasteiger partial charge in [0.15, 0.2) is 0 Å². The fourth-order valence-corrected chi connectivity index (χ4v) is 2.08. The van der Waals surface area contributed by atoms with E-state index in [1.807, 2.05) is 31.2 Å². The van der Waals surface area contributed by atoms with Gasteiger partial charge in [0.25, 0.3) is 5.91 Å². The predicted molar refractivity (Wildman–Crippen MR) is 75.2 cm³/mol. The molecule has 1 heterocycles. The van der Waals surface area contributed by atoms with E-state index in [9.17, 15) is 4.79 Å². The van der Waals surface area contributed by atoms with Crippen molar-refractivity contribution < 1.29 is 9.21 Å². The van der Waals surface area contributed by atoms with Gasteiger partial charge < -0.3 is 9.32 Å². The molecular formula is C15H16ClNO2. The number of aryl methyl sites for hydroxylation is 1. The van der Waals surface area contributed by atoms with Crippen molar-refractivity contribution in [2.24, 2.45) is 0 Å². The number of hydrogen-bond acceptors (Lipinski definition) is 2. The van der Waals surface area contributed by atoms with E-state index in [2.05, 4.69) is 0 Å². The molecule has 3 nitrogen and oxygen atoms in total. The largest absolute Gasteiger partial charge is 0.469 e. The lowest BCUT2D eigenvalue weighted by molar-refractivity contribution is 0.0784. The van der Waals surface area contributed by atoms with E-state index < -0.39 is 0 Å². The molecule has 0 bridgehead atoms. The standard InChI is InChI=1S/C15H16ClNO2/c1-11-14(6-7-19-11)10-17(2)15(18)13-5-3-4-12(8-13)9-16/h3-8H,9-10H2,1-2H3. The first kappa shape index (κ1) is 13.7. The van der Waals surface area contributed by atoms with Crippen molar-refractivity contribution in [3.05, 3.63) is 59.0 Å². The van der Waals surface area contributed by atoms with Crippen LogP contribution in [-0.4, -0.2) is 17.9 Å². The molecule has 0 radical (unpaired) electrons. The molecule has 0 aliphatic rings. The zero-order valence-corrected chi connectivity index (χ0v) is 11.8. The Balaban J connectivity index is 2.12. The van der Waals surface area contributed by atoms with Crippen LogP contribution in [0.1, 0.15) is 27.2 Å². The zero-order chi connectivity index (χ0) is 13.8. The molecule has 0 atom stereocenters. The Morgan fingerprint density at radius 1 is 1.37 bits per heavy atom. The lowest BCUT2D eigenvalue weighted by atomic mass is 10.1. The molecule has 2 aromatic rings. The normalized spacial score (nSPS) is 10.5. The van der Waals surface area contributed by atoms with Crippen molar-refractivity contribution in [1.82, 2.24) is 4.90 Å². The van der Waals surface area contributed by atoms with E-state index in [4.69, 9.17) is 16.0 Å². The highest BCUT2D eigenvalue weighted by atomic mass is 35.5. The predicted octanol–water partition coefficient (Wildman–Crippen LogP) is 3.60. The molecule has 0 unspecified atom stereocenters. The average molecular weight is 278 g/mol. The number of nitrogens with zero attached hydrogens (tertiary/aromatic N) is 1. The van der Waals surface area contributed by atoms with Crippen molar-refractivity contribution in [3.8, 4) is 0 Å². The Morgan fingerprint density at radius 2 is 2.16 bits per heavy atom. The molecule has 0 aliphatic heterocycles. The molecule has 0 saturated heterocycles. The van der Waals surface area contributed by atoms with Gasteiger partial charge in [-0.25, -0.2) is 0 Å². The fraction of sp³-hybridized carbons (Fsp3) is 0.267. The molecule has 2 rings (SSSR count). The molecule has 0 fully saturated rings. The molecule has 0 saturated carbocycles. The minimum atomic E-state index is -0.0208. The average Bonchev–Trinajstić information content (AvgIpc) is 2.83. The van der Waals surface area contributed by atoms with Crippen LogP contribution in [0.15, 0.2) is 41.0 Å². The van der Waals surface area contributed by atoms with Crippen molar-refractivity contribution in [2.75, 3.05) is 7.05 Å². The van der Waals surface area contributed by atoms with Gasteiger partial charge in [-0.2, -0.15) is 0 Å². The highest BCUT2D eigenvalue weighted by Crippen LogP contribution is 2.14. The smallest absolute Gasteiger partial charge is 0.253 e. The van der Waals surface area contributed by atoms with Gasteiger partial charge in [0.2, 0.25) is 0 Å². The SMILES string of the molecule is Cc1occc1CN(C)C(=O)c1cccc(CCl)c1. The summed E-state index contributed by atoms with van der Waals surface area (Å²) in [4.78, 5) is 14.0. The number of carbonyl (C=O) groups is 1. The van der Waals surface area contributed by atoms with E-state index in [0.717, 1.165) is 16.9 Å². The van der Waals surface area contributed by atoms with Gasteiger partial charge in [0.1, 0.15) is 5.76 Å². The Kier molecular flexibility index (Phi) is 4.27. The molecule has 0 aliphatic carbocycles. The Bertz CT molecular complexity index is 577. The number of amides is 1. The van der Waals surface area contributed by atoms with E-state index >= 15 is 0 Å². The molecule has 0 spiro atoms. The van der Waals surface area contributed by atoms with Gasteiger partial charge in [0.05, 0.1) is 6.26 Å². The van der Waals surface area contributed by atoms with Gasteiger partial charge in [-0.05, 0) is 30.7 Å². The van der Waals surface area contributed by atoms with E-state index in [0.29, 0.717) is 18.0 Å². The maximum absolute atomic E-state index is 12.3. The van der Waals surface area contributed by atoms with Crippen LogP contribution in [0.5, 0.6) is 0 Å². The lowest BCUT2D eigenvalue weighted by Gasteiger charge is -2.17. The van der Waals surface area contributed by atoms with Gasteiger partial charge in [-0.3, -0.25) is 4.79 Å². The van der Waals surface area contributed by atoms with Crippen LogP contribution in [0.4, 0.5) is 0 Å². The summed E-state index contributed by atoms with van der Waals surface area (Å²) in [6, 6.07) is 9.27. The first-order valence-electron chi connectivity index (χ1n) is 6.05. The van der Waals surface area contributed by atoms with Gasteiger partial charge in [-0.15, -0.1) is 11.6 Å². The Labute approximate surface area is 117 Å². The van der Waals surface area contributed by atoms with Gasteiger partial charge in [-0.1, -0.05) is 12.1 Å². The second-order valence-corrected chi connectivity index (χ2v) is 4.76. The topological polar surface area (TPSA) is 33.5 Å². The molecule has 0 N–H and O–H groups in total. The maximum atomic E-state index is 12.3. The third-order valence-corrected chi connectivity index (χ3v) is 3.36. The number of furan rings is 1. The monoisotopic (exact) mass is 277 g/mol. The van der Waals surface area contributed by atoms with Crippen molar-refractivity contribution in [3.63, 3.8) is 0 Å². The number of benzene rings is 1. The van der Waals surface area contributed by atoms with Crippen LogP contribution in [0.25, 0.3) is 0 Å². The molecule has 1 aromatic carbocycles. The lowest BCUT2D eigenvalue weighted by Crippen LogP contribution is -2.26. The third-order valence-electron chi connectivity index (χ3n) is 3.05. The first-order chi connectivity index (χ1) is 9.11. The number of hydrogen-bond donors (Lipinski definition) is 0. The first-order valence-corrected chi connectivity index (χ1v) is 6.58. The maximum Gasteiger partial charge on any atom is 0.253 e. The van der Waals surface area contributed by atoms with E-state index in [1.54, 1.807) is 24.3 Å². The Morgan fingerprint density at radius 3 is 2.79 bits per heavy atom. The minimum absolute atomic E-state index is 0.0208. The highest BCUT2D eigenvalue weighted by Gasteiger charge is 2.14. The van der Waals surface area contributed by atoms with Gasteiger partial charge in [0, 0.05) is 30.6 Å². The van der Waals surface area contributed by atoms with Crippen LogP contribution in [0, 0.1) is 6.92 Å². The zero-order valence-electron chi connectivity index (χ0n) is 11.0. The summed E-state index contributed by atoms with van der Waals surface area (Å²) in [7, 11) is 1.78. The van der Waals surface area contributed by atoms with Crippen molar-refractivity contribution in [1.29, 1.82) is 0 Å². The van der Waals surface area contributed by atoms with Crippen molar-refractivity contribution >= 4 is 17.5 Å². The molecule has 1 aromatic heterocycles. The molecule has 1 amide bonds. The Hall–Kier alpha value is -1.74. The molecule has 19 heavy (non-hydrogen) atoms. The summed E-state index contributed by atoms with van der Waals surface area (Å²) < 4.78 is 5.23. The quantitative estimate of drug-likeness (QED) is 0.800.